The average molecular weight is 415 g/mol. The van der Waals surface area contributed by atoms with Gasteiger partial charge < -0.3 is 4.90 Å². The minimum absolute atomic E-state index is 0.157. The maximum atomic E-state index is 13.3. The maximum Gasteiger partial charge on any atom is 0.264 e. The number of carbonyl (C=O) groups is 1. The molecule has 3 aromatic rings. The molecule has 0 aliphatic rings. The van der Waals surface area contributed by atoms with E-state index >= 15 is 0 Å². The molecule has 1 heterocycles. The SMILES string of the molecule is Cc1ccc(N(CC(=O)N(C)Cc2cccs2)S(=O)(=O)c2ccccc2)cc1. The molecule has 5 nitrogen and oxygen atoms in total. The van der Waals surface area contributed by atoms with Crippen LogP contribution in [-0.4, -0.2) is 32.8 Å². The summed E-state index contributed by atoms with van der Waals surface area (Å²) in [7, 11) is -2.18. The van der Waals surface area contributed by atoms with Gasteiger partial charge >= 0.3 is 0 Å². The Morgan fingerprint density at radius 1 is 0.964 bits per heavy atom. The van der Waals surface area contributed by atoms with Crippen molar-refractivity contribution in [2.75, 3.05) is 17.9 Å². The molecule has 0 unspecified atom stereocenters. The standard InChI is InChI=1S/C21H22N2O3S2/c1-17-10-12-18(13-11-17)23(28(25,26)20-8-4-3-5-9-20)16-21(24)22(2)15-19-7-6-14-27-19/h3-14H,15-16H2,1-2H3. The van der Waals surface area contributed by atoms with Crippen LogP contribution in [0, 0.1) is 6.92 Å². The third kappa shape index (κ3) is 4.61. The van der Waals surface area contributed by atoms with Gasteiger partial charge in [-0.25, -0.2) is 8.42 Å². The van der Waals surface area contributed by atoms with E-state index in [2.05, 4.69) is 0 Å². The lowest BCUT2D eigenvalue weighted by Crippen LogP contribution is -2.41. The third-order valence-electron chi connectivity index (χ3n) is 4.33. The third-order valence-corrected chi connectivity index (χ3v) is 6.98. The summed E-state index contributed by atoms with van der Waals surface area (Å²) >= 11 is 1.56. The fourth-order valence-electron chi connectivity index (χ4n) is 2.71. The lowest BCUT2D eigenvalue weighted by atomic mass is 10.2. The Morgan fingerprint density at radius 3 is 2.25 bits per heavy atom. The van der Waals surface area contributed by atoms with Gasteiger partial charge in [0.15, 0.2) is 0 Å². The lowest BCUT2D eigenvalue weighted by molar-refractivity contribution is -0.128. The summed E-state index contributed by atoms with van der Waals surface area (Å²) in [4.78, 5) is 15.6. The number of hydrogen-bond donors (Lipinski definition) is 0. The van der Waals surface area contributed by atoms with Gasteiger partial charge in [0.1, 0.15) is 6.54 Å². The summed E-state index contributed by atoms with van der Waals surface area (Å²) in [6, 6.07) is 19.2. The van der Waals surface area contributed by atoms with Crippen molar-refractivity contribution in [2.45, 2.75) is 18.4 Å². The van der Waals surface area contributed by atoms with Crippen LogP contribution in [0.25, 0.3) is 0 Å². The first-order chi connectivity index (χ1) is 13.4. The van der Waals surface area contributed by atoms with Crippen molar-refractivity contribution >= 4 is 33.0 Å². The molecule has 0 spiro atoms. The van der Waals surface area contributed by atoms with Gasteiger partial charge in [0.2, 0.25) is 5.91 Å². The van der Waals surface area contributed by atoms with Gasteiger partial charge in [-0.1, -0.05) is 42.0 Å². The minimum atomic E-state index is -3.87. The molecule has 1 amide bonds. The van der Waals surface area contributed by atoms with Crippen LogP contribution in [0.2, 0.25) is 0 Å². The molecule has 0 bridgehead atoms. The monoisotopic (exact) mass is 414 g/mol. The Morgan fingerprint density at radius 2 is 1.64 bits per heavy atom. The summed E-state index contributed by atoms with van der Waals surface area (Å²) in [5, 5.41) is 1.95. The molecule has 28 heavy (non-hydrogen) atoms. The number of sulfonamides is 1. The molecule has 0 N–H and O–H groups in total. The van der Waals surface area contributed by atoms with Gasteiger partial charge in [0.05, 0.1) is 17.1 Å². The van der Waals surface area contributed by atoms with E-state index in [1.54, 1.807) is 53.6 Å². The number of benzene rings is 2. The molecule has 146 valence electrons. The van der Waals surface area contributed by atoms with Gasteiger partial charge in [0.25, 0.3) is 10.0 Å². The van der Waals surface area contributed by atoms with E-state index in [9.17, 15) is 13.2 Å². The number of rotatable bonds is 7. The van der Waals surface area contributed by atoms with Gasteiger partial charge in [0, 0.05) is 11.9 Å². The van der Waals surface area contributed by atoms with Crippen molar-refractivity contribution in [1.82, 2.24) is 4.90 Å². The predicted molar refractivity (Wildman–Crippen MR) is 113 cm³/mol. The number of anilines is 1. The second-order valence-corrected chi connectivity index (χ2v) is 9.38. The molecule has 2 aromatic carbocycles. The summed E-state index contributed by atoms with van der Waals surface area (Å²) in [5.41, 5.74) is 1.48. The highest BCUT2D eigenvalue weighted by atomic mass is 32.2. The first kappa shape index (κ1) is 20.1. The van der Waals surface area contributed by atoms with Crippen LogP contribution in [0.5, 0.6) is 0 Å². The van der Waals surface area contributed by atoms with E-state index in [1.165, 1.54) is 16.4 Å². The molecule has 1 aromatic heterocycles. The van der Waals surface area contributed by atoms with E-state index in [0.29, 0.717) is 12.2 Å². The van der Waals surface area contributed by atoms with Crippen LogP contribution in [0.3, 0.4) is 0 Å². The van der Waals surface area contributed by atoms with E-state index < -0.39 is 10.0 Å². The topological polar surface area (TPSA) is 57.7 Å². The summed E-state index contributed by atoms with van der Waals surface area (Å²) < 4.78 is 27.7. The van der Waals surface area contributed by atoms with Crippen LogP contribution in [0.1, 0.15) is 10.4 Å². The van der Waals surface area contributed by atoms with Crippen LogP contribution in [-0.2, 0) is 21.4 Å². The summed E-state index contributed by atoms with van der Waals surface area (Å²) in [6.45, 7) is 2.12. The second kappa shape index (κ2) is 8.58. The van der Waals surface area contributed by atoms with Crippen molar-refractivity contribution < 1.29 is 13.2 Å². The number of amides is 1. The molecule has 0 saturated heterocycles. The van der Waals surface area contributed by atoms with Crippen LogP contribution < -0.4 is 4.31 Å². The van der Waals surface area contributed by atoms with Gasteiger partial charge in [-0.3, -0.25) is 9.10 Å². The molecule has 0 saturated carbocycles. The number of hydrogen-bond acceptors (Lipinski definition) is 4. The van der Waals surface area contributed by atoms with Crippen LogP contribution in [0.4, 0.5) is 5.69 Å². The quantitative estimate of drug-likeness (QED) is 0.589. The van der Waals surface area contributed by atoms with Crippen molar-refractivity contribution in [3.8, 4) is 0 Å². The smallest absolute Gasteiger partial charge is 0.264 e. The normalized spacial score (nSPS) is 11.2. The van der Waals surface area contributed by atoms with Crippen molar-refractivity contribution in [1.29, 1.82) is 0 Å². The van der Waals surface area contributed by atoms with E-state index in [4.69, 9.17) is 0 Å². The number of carbonyl (C=O) groups excluding carboxylic acids is 1. The van der Waals surface area contributed by atoms with Crippen LogP contribution >= 0.6 is 11.3 Å². The Bertz CT molecular complexity index is 1020. The molecule has 3 rings (SSSR count). The number of likely N-dealkylation sites (N-methyl/N-ethyl adjacent to an activating group) is 1. The van der Waals surface area contributed by atoms with E-state index in [0.717, 1.165) is 10.4 Å². The number of nitrogens with zero attached hydrogens (tertiary/aromatic N) is 2. The first-order valence-electron chi connectivity index (χ1n) is 8.79. The number of aryl methyl sites for hydroxylation is 1. The maximum absolute atomic E-state index is 13.3. The highest BCUT2D eigenvalue weighted by Crippen LogP contribution is 2.24. The Kier molecular flexibility index (Phi) is 6.16. The molecule has 0 aliphatic heterocycles. The molecule has 0 atom stereocenters. The molecule has 0 aliphatic carbocycles. The minimum Gasteiger partial charge on any atom is -0.339 e. The lowest BCUT2D eigenvalue weighted by Gasteiger charge is -2.26. The Hall–Kier alpha value is -2.64. The van der Waals surface area contributed by atoms with Crippen LogP contribution in [0.15, 0.2) is 77.0 Å². The van der Waals surface area contributed by atoms with Gasteiger partial charge in [-0.2, -0.15) is 0 Å². The largest absolute Gasteiger partial charge is 0.339 e. The Balaban J connectivity index is 1.90. The zero-order valence-corrected chi connectivity index (χ0v) is 17.4. The highest BCUT2D eigenvalue weighted by molar-refractivity contribution is 7.92. The zero-order valence-electron chi connectivity index (χ0n) is 15.8. The van der Waals surface area contributed by atoms with E-state index in [-0.39, 0.29) is 17.3 Å². The first-order valence-corrected chi connectivity index (χ1v) is 11.1. The zero-order chi connectivity index (χ0) is 20.1. The molecular formula is C21H22N2O3S2. The Labute approximate surface area is 169 Å². The molecule has 0 fully saturated rings. The predicted octanol–water partition coefficient (Wildman–Crippen LogP) is 3.91. The van der Waals surface area contributed by atoms with Gasteiger partial charge in [-0.15, -0.1) is 11.3 Å². The number of thiophene rings is 1. The summed E-state index contributed by atoms with van der Waals surface area (Å²) in [6.07, 6.45) is 0. The fraction of sp³-hybridized carbons (Fsp3) is 0.190. The average Bonchev–Trinajstić information content (AvgIpc) is 3.20. The van der Waals surface area contributed by atoms with Gasteiger partial charge in [-0.05, 0) is 42.6 Å². The second-order valence-electron chi connectivity index (χ2n) is 6.49. The molecular weight excluding hydrogens is 392 g/mol. The van der Waals surface area contributed by atoms with Crippen molar-refractivity contribution in [3.05, 3.63) is 82.6 Å². The van der Waals surface area contributed by atoms with E-state index in [1.807, 2.05) is 36.6 Å². The highest BCUT2D eigenvalue weighted by Gasteiger charge is 2.28. The van der Waals surface area contributed by atoms with Crippen molar-refractivity contribution in [2.24, 2.45) is 0 Å². The molecule has 7 heteroatoms. The van der Waals surface area contributed by atoms with Crippen molar-refractivity contribution in [3.63, 3.8) is 0 Å². The fourth-order valence-corrected chi connectivity index (χ4v) is 4.91. The molecule has 0 radical (unpaired) electrons. The summed E-state index contributed by atoms with van der Waals surface area (Å²) in [5.74, 6) is -0.270.